The maximum atomic E-state index is 5.03. The van der Waals surface area contributed by atoms with Crippen molar-refractivity contribution in [1.29, 1.82) is 0 Å². The minimum absolute atomic E-state index is 0.430. The Balaban J connectivity index is 1.11. The van der Waals surface area contributed by atoms with Crippen LogP contribution in [0.5, 0.6) is 0 Å². The number of hydrogen-bond acceptors (Lipinski definition) is 1. The van der Waals surface area contributed by atoms with Crippen LogP contribution in [0.15, 0.2) is 200 Å². The molecular formula is C53H33N. The van der Waals surface area contributed by atoms with Crippen molar-refractivity contribution < 1.29 is 0 Å². The summed E-state index contributed by atoms with van der Waals surface area (Å²) in [6.45, 7) is 0. The minimum Gasteiger partial charge on any atom is -0.248 e. The van der Waals surface area contributed by atoms with Crippen molar-refractivity contribution in [3.05, 3.63) is 245 Å². The Morgan fingerprint density at radius 1 is 0.278 bits per heavy atom. The molecule has 12 rings (SSSR count). The molecule has 0 aliphatic heterocycles. The molecule has 1 heteroatoms. The Bertz CT molecular complexity index is 2930. The molecule has 9 aromatic rings. The molecule has 0 unspecified atom stereocenters. The van der Waals surface area contributed by atoms with Crippen LogP contribution in [0.1, 0.15) is 44.5 Å². The quantitative estimate of drug-likeness (QED) is 0.177. The highest BCUT2D eigenvalue weighted by molar-refractivity contribution is 5.95. The first-order valence-corrected chi connectivity index (χ1v) is 18.9. The molecule has 250 valence electrons. The molecule has 8 aromatic carbocycles. The molecule has 3 aliphatic carbocycles. The van der Waals surface area contributed by atoms with Gasteiger partial charge in [0.25, 0.3) is 0 Å². The van der Waals surface area contributed by atoms with Crippen molar-refractivity contribution in [2.24, 2.45) is 0 Å². The maximum absolute atomic E-state index is 5.03. The van der Waals surface area contributed by atoms with Crippen molar-refractivity contribution in [2.75, 3.05) is 0 Å². The lowest BCUT2D eigenvalue weighted by molar-refractivity contribution is 0.633. The van der Waals surface area contributed by atoms with Gasteiger partial charge in [-0.2, -0.15) is 0 Å². The van der Waals surface area contributed by atoms with Gasteiger partial charge in [0, 0.05) is 10.9 Å². The van der Waals surface area contributed by atoms with E-state index in [0.717, 1.165) is 22.2 Å². The van der Waals surface area contributed by atoms with E-state index in [1.165, 1.54) is 77.9 Å². The second-order valence-corrected chi connectivity index (χ2v) is 15.0. The van der Waals surface area contributed by atoms with E-state index in [1.807, 2.05) is 0 Å². The molecule has 0 fully saturated rings. The second-order valence-electron chi connectivity index (χ2n) is 15.0. The third kappa shape index (κ3) is 3.66. The summed E-state index contributed by atoms with van der Waals surface area (Å²) in [5.74, 6) is 0. The van der Waals surface area contributed by atoms with Crippen LogP contribution in [0.2, 0.25) is 0 Å². The third-order valence-corrected chi connectivity index (χ3v) is 12.6. The molecule has 0 saturated heterocycles. The highest BCUT2D eigenvalue weighted by Crippen LogP contribution is 2.67. The van der Waals surface area contributed by atoms with Crippen molar-refractivity contribution in [2.45, 2.75) is 10.8 Å². The average Bonchev–Trinajstić information content (AvgIpc) is 3.71. The number of hydrogen-bond donors (Lipinski definition) is 0. The van der Waals surface area contributed by atoms with Crippen LogP contribution in [-0.4, -0.2) is 4.98 Å². The smallest absolute Gasteiger partial charge is 0.0720 e. The number of fused-ring (bicyclic) bond motifs is 17. The predicted molar refractivity (Wildman–Crippen MR) is 221 cm³/mol. The molecule has 0 saturated carbocycles. The van der Waals surface area contributed by atoms with E-state index in [-0.39, 0.29) is 0 Å². The average molecular weight is 684 g/mol. The van der Waals surface area contributed by atoms with Crippen LogP contribution in [0.25, 0.3) is 55.5 Å². The van der Waals surface area contributed by atoms with Gasteiger partial charge in [-0.15, -0.1) is 0 Å². The van der Waals surface area contributed by atoms with Crippen LogP contribution < -0.4 is 0 Å². The van der Waals surface area contributed by atoms with Crippen LogP contribution in [0, 0.1) is 0 Å². The van der Waals surface area contributed by atoms with Gasteiger partial charge in [0.2, 0.25) is 0 Å². The molecule has 0 amide bonds. The molecule has 2 spiro atoms. The molecule has 0 bridgehead atoms. The molecule has 1 aromatic heterocycles. The van der Waals surface area contributed by atoms with Crippen molar-refractivity contribution in [3.63, 3.8) is 0 Å². The van der Waals surface area contributed by atoms with Gasteiger partial charge in [-0.1, -0.05) is 176 Å². The van der Waals surface area contributed by atoms with Gasteiger partial charge < -0.3 is 0 Å². The zero-order chi connectivity index (χ0) is 35.4. The molecule has 0 radical (unpaired) electrons. The Morgan fingerprint density at radius 3 is 1.31 bits per heavy atom. The van der Waals surface area contributed by atoms with Crippen LogP contribution in [0.3, 0.4) is 0 Å². The van der Waals surface area contributed by atoms with Crippen LogP contribution in [-0.2, 0) is 10.8 Å². The van der Waals surface area contributed by atoms with Gasteiger partial charge in [0.05, 0.1) is 22.0 Å². The van der Waals surface area contributed by atoms with Gasteiger partial charge in [0.15, 0.2) is 0 Å². The zero-order valence-corrected chi connectivity index (χ0v) is 29.5. The Morgan fingerprint density at radius 2 is 0.722 bits per heavy atom. The fourth-order valence-electron chi connectivity index (χ4n) is 10.5. The minimum atomic E-state index is -0.480. The Kier molecular flexibility index (Phi) is 5.97. The van der Waals surface area contributed by atoms with Gasteiger partial charge in [-0.25, -0.2) is 4.98 Å². The predicted octanol–water partition coefficient (Wildman–Crippen LogP) is 12.6. The van der Waals surface area contributed by atoms with Crippen molar-refractivity contribution in [3.8, 4) is 44.6 Å². The molecule has 54 heavy (non-hydrogen) atoms. The van der Waals surface area contributed by atoms with Crippen LogP contribution >= 0.6 is 0 Å². The highest BCUT2D eigenvalue weighted by atomic mass is 14.7. The third-order valence-electron chi connectivity index (χ3n) is 12.6. The summed E-state index contributed by atoms with van der Waals surface area (Å²) in [4.78, 5) is 5.03. The molecule has 1 heterocycles. The first-order valence-electron chi connectivity index (χ1n) is 18.9. The number of rotatable bonds is 2. The van der Waals surface area contributed by atoms with Gasteiger partial charge >= 0.3 is 0 Å². The summed E-state index contributed by atoms with van der Waals surface area (Å²) in [5.41, 5.74) is 20.7. The molecule has 1 nitrogen and oxygen atoms in total. The lowest BCUT2D eigenvalue weighted by atomic mass is 9.52. The SMILES string of the molecule is c1cc(-c2ccc3c(c2)-c2ccccc2C32c3ccccc3C3(c4ccccc4-c4ccccc43)c3ccccc32)cc(-c2ccc3ccccc3n2)c1. The normalized spacial score (nSPS) is 14.6. The zero-order valence-electron chi connectivity index (χ0n) is 29.5. The number of pyridine rings is 1. The van der Waals surface area contributed by atoms with Gasteiger partial charge in [-0.05, 0) is 102 Å². The van der Waals surface area contributed by atoms with Gasteiger partial charge in [0.1, 0.15) is 0 Å². The Hall–Kier alpha value is -6.83. The van der Waals surface area contributed by atoms with E-state index in [4.69, 9.17) is 4.98 Å². The molecular weight excluding hydrogens is 651 g/mol. The van der Waals surface area contributed by atoms with E-state index in [9.17, 15) is 0 Å². The lowest BCUT2D eigenvalue weighted by Crippen LogP contribution is -2.43. The van der Waals surface area contributed by atoms with Crippen molar-refractivity contribution >= 4 is 10.9 Å². The van der Waals surface area contributed by atoms with E-state index in [0.29, 0.717) is 0 Å². The van der Waals surface area contributed by atoms with Gasteiger partial charge in [-0.3, -0.25) is 0 Å². The number of para-hydroxylation sites is 1. The first kappa shape index (κ1) is 29.7. The summed E-state index contributed by atoms with van der Waals surface area (Å²) in [6.07, 6.45) is 0. The highest BCUT2D eigenvalue weighted by Gasteiger charge is 2.58. The van der Waals surface area contributed by atoms with E-state index in [1.54, 1.807) is 0 Å². The number of nitrogens with zero attached hydrogens (tertiary/aromatic N) is 1. The topological polar surface area (TPSA) is 12.9 Å². The van der Waals surface area contributed by atoms with E-state index in [2.05, 4.69) is 200 Å². The fourth-order valence-corrected chi connectivity index (χ4v) is 10.5. The molecule has 0 atom stereocenters. The van der Waals surface area contributed by atoms with Crippen molar-refractivity contribution in [1.82, 2.24) is 4.98 Å². The summed E-state index contributed by atoms with van der Waals surface area (Å²) in [5, 5.41) is 1.15. The monoisotopic (exact) mass is 683 g/mol. The number of benzene rings is 8. The summed E-state index contributed by atoms with van der Waals surface area (Å²) in [6, 6.07) is 74.6. The largest absolute Gasteiger partial charge is 0.248 e. The maximum Gasteiger partial charge on any atom is 0.0720 e. The van der Waals surface area contributed by atoms with E-state index >= 15 is 0 Å². The summed E-state index contributed by atoms with van der Waals surface area (Å²) >= 11 is 0. The first-order chi connectivity index (χ1) is 26.8. The summed E-state index contributed by atoms with van der Waals surface area (Å²) in [7, 11) is 0. The second kappa shape index (κ2) is 10.9. The molecule has 0 N–H and O–H groups in total. The standard InChI is InChI=1S/C53H33N/c1-12-27-50-34(14-1)29-31-51(54-50)37-16-13-15-35(32-37)36-28-30-45-41(33-36)40-19-4-7-22-44(40)53(45)48-25-10-8-23-46(48)52(47-24-9-11-26-49(47)53)42-20-5-2-17-38(42)39-18-3-6-21-43(39)52/h1-33H. The molecule has 3 aliphatic rings. The number of aromatic nitrogens is 1. The van der Waals surface area contributed by atoms with E-state index < -0.39 is 10.8 Å². The Labute approximate surface area is 314 Å². The lowest BCUT2D eigenvalue weighted by Gasteiger charge is -2.48. The fraction of sp³-hybridized carbons (Fsp3) is 0.0377. The van der Waals surface area contributed by atoms with Crippen LogP contribution in [0.4, 0.5) is 0 Å². The summed E-state index contributed by atoms with van der Waals surface area (Å²) < 4.78 is 0.